The molecule has 0 radical (unpaired) electrons. The number of hydrogen-bond donors (Lipinski definition) is 0. The summed E-state index contributed by atoms with van der Waals surface area (Å²) >= 11 is 1.24. The van der Waals surface area contributed by atoms with Crippen LogP contribution >= 0.6 is 11.3 Å². The van der Waals surface area contributed by atoms with Gasteiger partial charge in [-0.2, -0.15) is 0 Å². The van der Waals surface area contributed by atoms with Crippen molar-refractivity contribution in [3.05, 3.63) is 40.6 Å². The van der Waals surface area contributed by atoms with Crippen molar-refractivity contribution in [2.75, 3.05) is 19.1 Å². The molecule has 4 unspecified atom stereocenters. The Hall–Kier alpha value is -2.94. The number of fused-ring (bicyclic) bond motifs is 1. The molecule has 2 aromatic rings. The van der Waals surface area contributed by atoms with E-state index < -0.39 is 6.04 Å². The fourth-order valence-corrected chi connectivity index (χ4v) is 5.55. The average Bonchev–Trinajstić information content (AvgIpc) is 3.40. The van der Waals surface area contributed by atoms with E-state index in [0.29, 0.717) is 33.7 Å². The van der Waals surface area contributed by atoms with Crippen LogP contribution in [0.25, 0.3) is 0 Å². The number of hydrogen-bond acceptors (Lipinski definition) is 8. The Morgan fingerprint density at radius 3 is 2.74 bits per heavy atom. The molecule has 0 bridgehead atoms. The van der Waals surface area contributed by atoms with Gasteiger partial charge in [-0.1, -0.05) is 30.4 Å². The molecule has 162 valence electrons. The molecule has 1 aliphatic carbocycles. The number of ether oxygens (including phenoxy) is 3. The predicted octanol–water partition coefficient (Wildman–Crippen LogP) is 3.30. The fraction of sp³-hybridized carbons (Fsp3) is 0.455. The van der Waals surface area contributed by atoms with Gasteiger partial charge in [0, 0.05) is 5.56 Å². The SMILES string of the molecule is COc1cccc(C2C3=C(OC4CCC(C)CC4C3=O)C(=O)N2c2nncs2)c1OC. The molecule has 3 heterocycles. The Morgan fingerprint density at radius 2 is 2.03 bits per heavy atom. The second-order valence-corrected chi connectivity index (χ2v) is 8.98. The summed E-state index contributed by atoms with van der Waals surface area (Å²) in [5.41, 5.74) is 2.58. The van der Waals surface area contributed by atoms with E-state index in [1.807, 2.05) is 12.1 Å². The molecule has 1 aromatic carbocycles. The first kappa shape index (κ1) is 20.0. The lowest BCUT2D eigenvalue weighted by atomic mass is 9.74. The molecule has 1 saturated carbocycles. The molecule has 3 aliphatic rings. The van der Waals surface area contributed by atoms with E-state index >= 15 is 0 Å². The number of para-hydroxylation sites is 1. The van der Waals surface area contributed by atoms with Gasteiger partial charge in [0.2, 0.25) is 5.13 Å². The smallest absolute Gasteiger partial charge is 0.296 e. The lowest BCUT2D eigenvalue weighted by Crippen LogP contribution is -2.41. The summed E-state index contributed by atoms with van der Waals surface area (Å²) in [5, 5.41) is 8.42. The Balaban J connectivity index is 1.69. The number of carbonyl (C=O) groups excluding carboxylic acids is 2. The third-order valence-electron chi connectivity index (χ3n) is 6.39. The standard InChI is InChI=1S/C22H23N3O5S/c1-11-7-8-14-13(9-11)18(26)16-17(12-5-4-6-15(28-2)19(12)29-3)25(21(27)20(16)30-14)22-24-23-10-31-22/h4-6,10-11,13-14,17H,7-9H2,1-3H3. The van der Waals surface area contributed by atoms with Crippen molar-refractivity contribution in [2.24, 2.45) is 11.8 Å². The van der Waals surface area contributed by atoms with Gasteiger partial charge < -0.3 is 14.2 Å². The van der Waals surface area contributed by atoms with Crippen LogP contribution in [0.1, 0.15) is 37.8 Å². The molecule has 5 rings (SSSR count). The normalized spacial score (nSPS) is 27.6. The number of anilines is 1. The molecular formula is C22H23N3O5S. The summed E-state index contributed by atoms with van der Waals surface area (Å²) in [6.07, 6.45) is 2.26. The highest BCUT2D eigenvalue weighted by atomic mass is 32.1. The highest BCUT2D eigenvalue weighted by Gasteiger charge is 2.54. The minimum absolute atomic E-state index is 0.0203. The average molecular weight is 442 g/mol. The summed E-state index contributed by atoms with van der Waals surface area (Å²) in [4.78, 5) is 28.8. The van der Waals surface area contributed by atoms with E-state index in [4.69, 9.17) is 14.2 Å². The highest BCUT2D eigenvalue weighted by molar-refractivity contribution is 7.13. The summed E-state index contributed by atoms with van der Waals surface area (Å²) in [6, 6.07) is 4.72. The zero-order chi connectivity index (χ0) is 21.7. The summed E-state index contributed by atoms with van der Waals surface area (Å²) in [7, 11) is 3.10. The van der Waals surface area contributed by atoms with Crippen LogP contribution in [0, 0.1) is 11.8 Å². The minimum Gasteiger partial charge on any atom is -0.493 e. The van der Waals surface area contributed by atoms with Crippen molar-refractivity contribution >= 4 is 28.2 Å². The second kappa shape index (κ2) is 7.64. The zero-order valence-corrected chi connectivity index (χ0v) is 18.3. The highest BCUT2D eigenvalue weighted by Crippen LogP contribution is 2.51. The molecule has 0 saturated heterocycles. The van der Waals surface area contributed by atoms with E-state index in [-0.39, 0.29) is 29.5 Å². The molecule has 9 heteroatoms. The Kier molecular flexibility index (Phi) is 4.92. The Labute approximate surface area is 183 Å². The first-order chi connectivity index (χ1) is 15.0. The van der Waals surface area contributed by atoms with Gasteiger partial charge >= 0.3 is 0 Å². The molecular weight excluding hydrogens is 418 g/mol. The van der Waals surface area contributed by atoms with Crippen molar-refractivity contribution in [2.45, 2.75) is 38.3 Å². The molecule has 1 amide bonds. The van der Waals surface area contributed by atoms with Gasteiger partial charge in [0.1, 0.15) is 17.7 Å². The number of ketones is 1. The molecule has 0 N–H and O–H groups in total. The summed E-state index contributed by atoms with van der Waals surface area (Å²) in [6.45, 7) is 2.16. The van der Waals surface area contributed by atoms with Gasteiger partial charge in [-0.05, 0) is 31.2 Å². The van der Waals surface area contributed by atoms with Crippen LogP contribution in [-0.2, 0) is 14.3 Å². The largest absolute Gasteiger partial charge is 0.493 e. The van der Waals surface area contributed by atoms with Crippen LogP contribution in [0.3, 0.4) is 0 Å². The third-order valence-corrected chi connectivity index (χ3v) is 7.08. The molecule has 2 aliphatic heterocycles. The van der Waals surface area contributed by atoms with Gasteiger partial charge in [0.15, 0.2) is 23.0 Å². The molecule has 8 nitrogen and oxygen atoms in total. The predicted molar refractivity (Wildman–Crippen MR) is 113 cm³/mol. The maximum Gasteiger partial charge on any atom is 0.296 e. The topological polar surface area (TPSA) is 90.9 Å². The number of benzene rings is 1. The van der Waals surface area contributed by atoms with E-state index in [1.165, 1.54) is 16.2 Å². The van der Waals surface area contributed by atoms with Crippen molar-refractivity contribution < 1.29 is 23.8 Å². The van der Waals surface area contributed by atoms with Crippen LogP contribution in [-0.4, -0.2) is 42.2 Å². The number of Topliss-reactive ketones (excluding diaryl/α,β-unsaturated/α-hetero) is 1. The molecule has 1 fully saturated rings. The third kappa shape index (κ3) is 3.02. The molecule has 0 spiro atoms. The fourth-order valence-electron chi connectivity index (χ4n) is 4.97. The van der Waals surface area contributed by atoms with Gasteiger partial charge in [-0.3, -0.25) is 14.5 Å². The van der Waals surface area contributed by atoms with E-state index in [0.717, 1.165) is 19.3 Å². The zero-order valence-electron chi connectivity index (χ0n) is 17.5. The van der Waals surface area contributed by atoms with E-state index in [2.05, 4.69) is 17.1 Å². The van der Waals surface area contributed by atoms with Crippen LogP contribution in [0.15, 0.2) is 35.0 Å². The van der Waals surface area contributed by atoms with Gasteiger partial charge in [0.25, 0.3) is 5.91 Å². The molecule has 31 heavy (non-hydrogen) atoms. The molecule has 4 atom stereocenters. The number of nitrogens with zero attached hydrogens (tertiary/aromatic N) is 3. The Morgan fingerprint density at radius 1 is 1.19 bits per heavy atom. The van der Waals surface area contributed by atoms with Crippen LogP contribution < -0.4 is 14.4 Å². The van der Waals surface area contributed by atoms with Crippen LogP contribution in [0.2, 0.25) is 0 Å². The van der Waals surface area contributed by atoms with Crippen LogP contribution in [0.5, 0.6) is 11.5 Å². The van der Waals surface area contributed by atoms with Gasteiger partial charge in [-0.25, -0.2) is 0 Å². The number of methoxy groups -OCH3 is 2. The minimum atomic E-state index is -0.716. The molecule has 1 aromatic heterocycles. The quantitative estimate of drug-likeness (QED) is 0.719. The van der Waals surface area contributed by atoms with Crippen molar-refractivity contribution in [1.29, 1.82) is 0 Å². The lowest BCUT2D eigenvalue weighted by molar-refractivity contribution is -0.132. The number of carbonyl (C=O) groups is 2. The van der Waals surface area contributed by atoms with Crippen LogP contribution in [0.4, 0.5) is 5.13 Å². The van der Waals surface area contributed by atoms with Gasteiger partial charge in [-0.15, -0.1) is 10.2 Å². The summed E-state index contributed by atoms with van der Waals surface area (Å²) in [5.74, 6) is 0.928. The first-order valence-electron chi connectivity index (χ1n) is 10.3. The van der Waals surface area contributed by atoms with Crippen molar-refractivity contribution in [3.63, 3.8) is 0 Å². The number of rotatable bonds is 4. The van der Waals surface area contributed by atoms with E-state index in [9.17, 15) is 9.59 Å². The van der Waals surface area contributed by atoms with E-state index in [1.54, 1.807) is 25.8 Å². The first-order valence-corrected chi connectivity index (χ1v) is 11.2. The maximum atomic E-state index is 13.8. The second-order valence-electron chi connectivity index (χ2n) is 8.17. The lowest BCUT2D eigenvalue weighted by Gasteiger charge is -2.37. The number of aromatic nitrogens is 2. The maximum absolute atomic E-state index is 13.8. The number of amides is 1. The van der Waals surface area contributed by atoms with Crippen molar-refractivity contribution in [1.82, 2.24) is 10.2 Å². The summed E-state index contributed by atoms with van der Waals surface area (Å²) < 4.78 is 17.3. The van der Waals surface area contributed by atoms with Crippen molar-refractivity contribution in [3.8, 4) is 11.5 Å². The Bertz CT molecular complexity index is 1070. The monoisotopic (exact) mass is 441 g/mol. The van der Waals surface area contributed by atoms with Gasteiger partial charge in [0.05, 0.1) is 25.7 Å².